The van der Waals surface area contributed by atoms with Gasteiger partial charge in [-0.2, -0.15) is 0 Å². The van der Waals surface area contributed by atoms with E-state index in [1.54, 1.807) is 0 Å². The summed E-state index contributed by atoms with van der Waals surface area (Å²) in [4.78, 5) is 4.36. The van der Waals surface area contributed by atoms with Crippen molar-refractivity contribution in [3.05, 3.63) is 30.6 Å². The van der Waals surface area contributed by atoms with Gasteiger partial charge in [0.25, 0.3) is 0 Å². The molecule has 2 heterocycles. The largest absolute Gasteiger partial charge is 0.372 e. The minimum absolute atomic E-state index is 0.952. The molecule has 3 nitrogen and oxygen atoms in total. The Kier molecular flexibility index (Phi) is 3.11. The van der Waals surface area contributed by atoms with Gasteiger partial charge in [0.05, 0.1) is 12.4 Å². The van der Waals surface area contributed by atoms with Gasteiger partial charge in [-0.25, -0.2) is 4.57 Å². The Bertz CT molecular complexity index is 306. The van der Waals surface area contributed by atoms with Gasteiger partial charge in [0.15, 0.2) is 12.4 Å². The SMILES string of the molecule is c1cc[n+](CCCC2=NCCN2)cc1. The molecule has 0 amide bonds. The highest BCUT2D eigenvalue weighted by molar-refractivity contribution is 5.83. The van der Waals surface area contributed by atoms with E-state index < -0.39 is 0 Å². The maximum Gasteiger partial charge on any atom is 0.168 e. The average molecular weight is 190 g/mol. The van der Waals surface area contributed by atoms with E-state index >= 15 is 0 Å². The van der Waals surface area contributed by atoms with E-state index in [1.165, 1.54) is 5.84 Å². The van der Waals surface area contributed by atoms with E-state index in [0.717, 1.165) is 32.5 Å². The fourth-order valence-electron chi connectivity index (χ4n) is 1.63. The van der Waals surface area contributed by atoms with Crippen LogP contribution in [0.1, 0.15) is 12.8 Å². The molecule has 1 aromatic rings. The van der Waals surface area contributed by atoms with Crippen molar-refractivity contribution in [2.75, 3.05) is 13.1 Å². The number of aromatic nitrogens is 1. The lowest BCUT2D eigenvalue weighted by atomic mass is 10.3. The molecule has 0 aromatic carbocycles. The maximum absolute atomic E-state index is 4.36. The molecule has 2 rings (SSSR count). The van der Waals surface area contributed by atoms with Gasteiger partial charge in [-0.15, -0.1) is 0 Å². The monoisotopic (exact) mass is 190 g/mol. The van der Waals surface area contributed by atoms with E-state index in [4.69, 9.17) is 0 Å². The lowest BCUT2D eigenvalue weighted by Gasteiger charge is -1.99. The van der Waals surface area contributed by atoms with Gasteiger partial charge in [-0.1, -0.05) is 6.07 Å². The Morgan fingerprint density at radius 2 is 2.14 bits per heavy atom. The zero-order valence-electron chi connectivity index (χ0n) is 8.32. The van der Waals surface area contributed by atoms with Crippen LogP contribution in [0.15, 0.2) is 35.6 Å². The molecule has 1 aromatic heterocycles. The minimum atomic E-state index is 0.952. The van der Waals surface area contributed by atoms with Gasteiger partial charge in [0.1, 0.15) is 6.54 Å². The number of rotatable bonds is 4. The van der Waals surface area contributed by atoms with Gasteiger partial charge >= 0.3 is 0 Å². The molecule has 1 aliphatic heterocycles. The van der Waals surface area contributed by atoms with Gasteiger partial charge in [0.2, 0.25) is 0 Å². The second-order valence-electron chi connectivity index (χ2n) is 3.47. The summed E-state index contributed by atoms with van der Waals surface area (Å²) in [7, 11) is 0. The summed E-state index contributed by atoms with van der Waals surface area (Å²) in [6.45, 7) is 3.04. The van der Waals surface area contributed by atoms with Crippen molar-refractivity contribution in [2.45, 2.75) is 19.4 Å². The lowest BCUT2D eigenvalue weighted by Crippen LogP contribution is -2.33. The topological polar surface area (TPSA) is 28.3 Å². The quantitative estimate of drug-likeness (QED) is 0.697. The molecule has 1 N–H and O–H groups in total. The van der Waals surface area contributed by atoms with E-state index in [1.807, 2.05) is 6.07 Å². The predicted octanol–water partition coefficient (Wildman–Crippen LogP) is 0.756. The molecule has 0 aliphatic carbocycles. The molecule has 0 bridgehead atoms. The van der Waals surface area contributed by atoms with E-state index in [0.29, 0.717) is 0 Å². The van der Waals surface area contributed by atoms with Crippen molar-refractivity contribution >= 4 is 5.84 Å². The van der Waals surface area contributed by atoms with Crippen molar-refractivity contribution in [2.24, 2.45) is 4.99 Å². The van der Waals surface area contributed by atoms with Crippen LogP contribution in [-0.2, 0) is 6.54 Å². The Morgan fingerprint density at radius 1 is 1.29 bits per heavy atom. The van der Waals surface area contributed by atoms with Crippen LogP contribution in [0, 0.1) is 0 Å². The average Bonchev–Trinajstić information content (AvgIpc) is 2.72. The number of aryl methyl sites for hydroxylation is 1. The Morgan fingerprint density at radius 3 is 2.86 bits per heavy atom. The first kappa shape index (κ1) is 9.19. The standard InChI is InChI=1S/C11H16N3/c1-2-8-14(9-3-1)10-4-5-11-12-6-7-13-11/h1-3,8-9H,4-7,10H2,(H,12,13)/q+1. The lowest BCUT2D eigenvalue weighted by molar-refractivity contribution is -0.697. The van der Waals surface area contributed by atoms with Gasteiger partial charge < -0.3 is 5.32 Å². The number of nitrogens with zero attached hydrogens (tertiary/aromatic N) is 2. The molecule has 0 fully saturated rings. The summed E-state index contributed by atoms with van der Waals surface area (Å²) in [5, 5.41) is 3.28. The Balaban J connectivity index is 1.73. The Labute approximate surface area is 84.5 Å². The second kappa shape index (κ2) is 4.74. The highest BCUT2D eigenvalue weighted by Crippen LogP contribution is 1.95. The molecule has 0 unspecified atom stereocenters. The molecule has 14 heavy (non-hydrogen) atoms. The predicted molar refractivity (Wildman–Crippen MR) is 56.2 cm³/mol. The summed E-state index contributed by atoms with van der Waals surface area (Å²) >= 11 is 0. The summed E-state index contributed by atoms with van der Waals surface area (Å²) in [6.07, 6.45) is 6.43. The number of amidine groups is 1. The molecule has 0 spiro atoms. The van der Waals surface area contributed by atoms with Crippen LogP contribution in [0.4, 0.5) is 0 Å². The van der Waals surface area contributed by atoms with Crippen LogP contribution in [0.2, 0.25) is 0 Å². The van der Waals surface area contributed by atoms with E-state index in [9.17, 15) is 0 Å². The smallest absolute Gasteiger partial charge is 0.168 e. The molecule has 1 aliphatic rings. The zero-order chi connectivity index (χ0) is 9.64. The van der Waals surface area contributed by atoms with Crippen molar-refractivity contribution < 1.29 is 4.57 Å². The fourth-order valence-corrected chi connectivity index (χ4v) is 1.63. The molecule has 0 saturated carbocycles. The highest BCUT2D eigenvalue weighted by atomic mass is 15.1. The van der Waals surface area contributed by atoms with Crippen LogP contribution in [-0.4, -0.2) is 18.9 Å². The molecular weight excluding hydrogens is 174 g/mol. The summed E-state index contributed by atoms with van der Waals surface area (Å²) in [5.74, 6) is 1.18. The Hall–Kier alpha value is -1.38. The first-order valence-electron chi connectivity index (χ1n) is 5.16. The van der Waals surface area contributed by atoms with Crippen LogP contribution in [0.25, 0.3) is 0 Å². The van der Waals surface area contributed by atoms with E-state index in [2.05, 4.69) is 39.4 Å². The number of pyridine rings is 1. The molecule has 3 heteroatoms. The summed E-state index contributed by atoms with van der Waals surface area (Å²) in [5.41, 5.74) is 0. The molecule has 0 atom stereocenters. The van der Waals surface area contributed by atoms with Crippen molar-refractivity contribution in [3.8, 4) is 0 Å². The van der Waals surface area contributed by atoms with Crippen LogP contribution in [0.5, 0.6) is 0 Å². The summed E-state index contributed by atoms with van der Waals surface area (Å²) in [6, 6.07) is 6.16. The third-order valence-electron chi connectivity index (χ3n) is 2.35. The first-order chi connectivity index (χ1) is 6.95. The molecule has 0 radical (unpaired) electrons. The number of nitrogens with one attached hydrogen (secondary N) is 1. The zero-order valence-corrected chi connectivity index (χ0v) is 8.32. The van der Waals surface area contributed by atoms with E-state index in [-0.39, 0.29) is 0 Å². The number of hydrogen-bond donors (Lipinski definition) is 1. The van der Waals surface area contributed by atoms with Crippen LogP contribution in [0.3, 0.4) is 0 Å². The van der Waals surface area contributed by atoms with Crippen LogP contribution < -0.4 is 9.88 Å². The number of hydrogen-bond acceptors (Lipinski definition) is 2. The van der Waals surface area contributed by atoms with Crippen molar-refractivity contribution in [3.63, 3.8) is 0 Å². The third-order valence-corrected chi connectivity index (χ3v) is 2.35. The molecular formula is C11H16N3+. The van der Waals surface area contributed by atoms with Gasteiger partial charge in [-0.05, 0) is 0 Å². The number of aliphatic imine (C=N–C) groups is 1. The maximum atomic E-state index is 4.36. The minimum Gasteiger partial charge on any atom is -0.372 e. The summed E-state index contributed by atoms with van der Waals surface area (Å²) < 4.78 is 2.20. The fraction of sp³-hybridized carbons (Fsp3) is 0.455. The van der Waals surface area contributed by atoms with Crippen molar-refractivity contribution in [1.29, 1.82) is 0 Å². The molecule has 0 saturated heterocycles. The second-order valence-corrected chi connectivity index (χ2v) is 3.47. The first-order valence-corrected chi connectivity index (χ1v) is 5.16. The van der Waals surface area contributed by atoms with Crippen LogP contribution >= 0.6 is 0 Å². The highest BCUT2D eigenvalue weighted by Gasteiger charge is 2.05. The van der Waals surface area contributed by atoms with Gasteiger partial charge in [-0.3, -0.25) is 4.99 Å². The normalized spacial score (nSPS) is 15.0. The third kappa shape index (κ3) is 2.55. The van der Waals surface area contributed by atoms with Gasteiger partial charge in [0, 0.05) is 31.5 Å². The molecule has 74 valence electrons. The van der Waals surface area contributed by atoms with Crippen molar-refractivity contribution in [1.82, 2.24) is 5.32 Å².